The number of aromatic hydroxyl groups is 1. The van der Waals surface area contributed by atoms with Crippen LogP contribution in [0, 0.1) is 0 Å². The number of hydrogen-bond acceptors (Lipinski definition) is 4. The fourth-order valence-electron chi connectivity index (χ4n) is 1.68. The van der Waals surface area contributed by atoms with E-state index in [0.717, 1.165) is 5.56 Å². The molecule has 0 saturated heterocycles. The van der Waals surface area contributed by atoms with Gasteiger partial charge in [0.2, 0.25) is 5.82 Å². The highest BCUT2D eigenvalue weighted by Crippen LogP contribution is 2.24. The zero-order valence-electron chi connectivity index (χ0n) is 9.45. The molecule has 4 nitrogen and oxygen atoms in total. The normalized spacial score (nSPS) is 10.4. The van der Waals surface area contributed by atoms with Crippen LogP contribution in [0.15, 0.2) is 59.1 Å². The summed E-state index contributed by atoms with van der Waals surface area (Å²) in [4.78, 5) is 4.30. The van der Waals surface area contributed by atoms with Crippen LogP contribution in [0.1, 0.15) is 0 Å². The first-order valence-electron chi connectivity index (χ1n) is 5.51. The van der Waals surface area contributed by atoms with Crippen LogP contribution < -0.4 is 0 Å². The first kappa shape index (κ1) is 10.5. The minimum absolute atomic E-state index is 0.173. The van der Waals surface area contributed by atoms with Crippen molar-refractivity contribution in [2.45, 2.75) is 0 Å². The third-order valence-electron chi connectivity index (χ3n) is 2.55. The summed E-state index contributed by atoms with van der Waals surface area (Å²) < 4.78 is 5.19. The van der Waals surface area contributed by atoms with Gasteiger partial charge in [-0.05, 0) is 18.2 Å². The minimum Gasteiger partial charge on any atom is -0.508 e. The van der Waals surface area contributed by atoms with E-state index in [9.17, 15) is 5.11 Å². The van der Waals surface area contributed by atoms with Crippen LogP contribution in [-0.2, 0) is 0 Å². The lowest BCUT2D eigenvalue weighted by Gasteiger charge is -1.94. The van der Waals surface area contributed by atoms with E-state index in [1.165, 1.54) is 0 Å². The summed E-state index contributed by atoms with van der Waals surface area (Å²) in [5.41, 5.74) is 1.59. The van der Waals surface area contributed by atoms with Crippen LogP contribution in [0.25, 0.3) is 22.8 Å². The van der Waals surface area contributed by atoms with Crippen LogP contribution in [-0.4, -0.2) is 15.2 Å². The first-order chi connectivity index (χ1) is 8.83. The van der Waals surface area contributed by atoms with Gasteiger partial charge in [-0.15, -0.1) is 0 Å². The van der Waals surface area contributed by atoms with Gasteiger partial charge in [-0.3, -0.25) is 0 Å². The van der Waals surface area contributed by atoms with Crippen molar-refractivity contribution >= 4 is 0 Å². The fourth-order valence-corrected chi connectivity index (χ4v) is 1.68. The van der Waals surface area contributed by atoms with Crippen molar-refractivity contribution in [1.29, 1.82) is 0 Å². The molecule has 0 amide bonds. The molecule has 0 radical (unpaired) electrons. The Kier molecular flexibility index (Phi) is 2.53. The summed E-state index contributed by atoms with van der Waals surface area (Å²) >= 11 is 0. The van der Waals surface area contributed by atoms with Gasteiger partial charge in [-0.2, -0.15) is 4.98 Å². The number of benzene rings is 2. The molecule has 0 aliphatic rings. The second-order valence-corrected chi connectivity index (χ2v) is 3.84. The minimum atomic E-state index is 0.173. The summed E-state index contributed by atoms with van der Waals surface area (Å²) in [5, 5.41) is 13.3. The number of phenolic OH excluding ortho intramolecular Hbond substituents is 1. The van der Waals surface area contributed by atoms with Crippen LogP contribution in [0.4, 0.5) is 0 Å². The van der Waals surface area contributed by atoms with Crippen molar-refractivity contribution in [2.75, 3.05) is 0 Å². The maximum Gasteiger partial charge on any atom is 0.258 e. The molecule has 0 bridgehead atoms. The number of aromatic nitrogens is 2. The van der Waals surface area contributed by atoms with E-state index < -0.39 is 0 Å². The Morgan fingerprint density at radius 2 is 1.67 bits per heavy atom. The average molecular weight is 238 g/mol. The number of phenols is 1. The van der Waals surface area contributed by atoms with Crippen molar-refractivity contribution in [3.05, 3.63) is 54.6 Å². The smallest absolute Gasteiger partial charge is 0.258 e. The monoisotopic (exact) mass is 238 g/mol. The average Bonchev–Trinajstić information content (AvgIpc) is 2.89. The predicted octanol–water partition coefficient (Wildman–Crippen LogP) is 3.11. The van der Waals surface area contributed by atoms with Crippen molar-refractivity contribution in [1.82, 2.24) is 10.1 Å². The van der Waals surface area contributed by atoms with E-state index in [4.69, 9.17) is 4.52 Å². The van der Waals surface area contributed by atoms with Gasteiger partial charge in [-0.1, -0.05) is 41.6 Å². The van der Waals surface area contributed by atoms with Gasteiger partial charge in [0.1, 0.15) is 5.75 Å². The molecule has 0 saturated carbocycles. The zero-order chi connectivity index (χ0) is 12.4. The molecular weight excluding hydrogens is 228 g/mol. The third kappa shape index (κ3) is 1.96. The molecule has 88 valence electrons. The van der Waals surface area contributed by atoms with E-state index >= 15 is 0 Å². The molecule has 0 spiro atoms. The molecule has 0 fully saturated rings. The lowest BCUT2D eigenvalue weighted by atomic mass is 10.2. The second-order valence-electron chi connectivity index (χ2n) is 3.84. The Balaban J connectivity index is 2.00. The second kappa shape index (κ2) is 4.33. The highest BCUT2D eigenvalue weighted by atomic mass is 16.5. The Hall–Kier alpha value is -2.62. The lowest BCUT2D eigenvalue weighted by Crippen LogP contribution is -1.80. The largest absolute Gasteiger partial charge is 0.508 e. The van der Waals surface area contributed by atoms with E-state index in [0.29, 0.717) is 17.3 Å². The Bertz CT molecular complexity index is 662. The summed E-state index contributed by atoms with van der Waals surface area (Å²) in [6, 6.07) is 16.3. The summed E-state index contributed by atoms with van der Waals surface area (Å²) in [6.45, 7) is 0. The van der Waals surface area contributed by atoms with Crippen molar-refractivity contribution in [2.24, 2.45) is 0 Å². The number of nitrogens with zero attached hydrogens (tertiary/aromatic N) is 2. The molecule has 2 aromatic carbocycles. The molecule has 18 heavy (non-hydrogen) atoms. The van der Waals surface area contributed by atoms with Crippen LogP contribution >= 0.6 is 0 Å². The topological polar surface area (TPSA) is 59.2 Å². The Morgan fingerprint density at radius 3 is 2.44 bits per heavy atom. The van der Waals surface area contributed by atoms with E-state index in [-0.39, 0.29) is 5.75 Å². The van der Waals surface area contributed by atoms with Gasteiger partial charge in [0.25, 0.3) is 5.89 Å². The number of hydrogen-bond donors (Lipinski definition) is 1. The molecule has 1 N–H and O–H groups in total. The standard InChI is InChI=1S/C14H10N2O2/c17-12-8-4-7-11(9-12)14-15-13(16-18-14)10-5-2-1-3-6-10/h1-9,17H. The molecule has 3 aromatic rings. The van der Waals surface area contributed by atoms with E-state index in [1.807, 2.05) is 36.4 Å². The SMILES string of the molecule is Oc1cccc(-c2nc(-c3ccccc3)no2)c1. The molecule has 0 atom stereocenters. The van der Waals surface area contributed by atoms with Crippen molar-refractivity contribution < 1.29 is 9.63 Å². The fraction of sp³-hybridized carbons (Fsp3) is 0. The van der Waals surface area contributed by atoms with E-state index in [2.05, 4.69) is 10.1 Å². The van der Waals surface area contributed by atoms with Crippen molar-refractivity contribution in [3.8, 4) is 28.6 Å². The highest BCUT2D eigenvalue weighted by Gasteiger charge is 2.10. The maximum absolute atomic E-state index is 9.41. The summed E-state index contributed by atoms with van der Waals surface area (Å²) in [5.74, 6) is 1.10. The van der Waals surface area contributed by atoms with Crippen LogP contribution in [0.5, 0.6) is 5.75 Å². The van der Waals surface area contributed by atoms with Gasteiger partial charge in [0, 0.05) is 11.1 Å². The Morgan fingerprint density at radius 1 is 0.889 bits per heavy atom. The van der Waals surface area contributed by atoms with Crippen LogP contribution in [0.3, 0.4) is 0 Å². The van der Waals surface area contributed by atoms with Gasteiger partial charge >= 0.3 is 0 Å². The van der Waals surface area contributed by atoms with Gasteiger partial charge in [0.05, 0.1) is 0 Å². The summed E-state index contributed by atoms with van der Waals surface area (Å²) in [6.07, 6.45) is 0. The molecule has 3 rings (SSSR count). The first-order valence-corrected chi connectivity index (χ1v) is 5.51. The third-order valence-corrected chi connectivity index (χ3v) is 2.55. The zero-order valence-corrected chi connectivity index (χ0v) is 9.45. The Labute approximate surface area is 104 Å². The van der Waals surface area contributed by atoms with Crippen molar-refractivity contribution in [3.63, 3.8) is 0 Å². The molecule has 0 aliphatic carbocycles. The van der Waals surface area contributed by atoms with Crippen LogP contribution in [0.2, 0.25) is 0 Å². The predicted molar refractivity (Wildman–Crippen MR) is 66.8 cm³/mol. The molecule has 0 unspecified atom stereocenters. The molecule has 0 aliphatic heterocycles. The quantitative estimate of drug-likeness (QED) is 0.745. The maximum atomic E-state index is 9.41. The molecule has 1 aromatic heterocycles. The molecule has 4 heteroatoms. The van der Waals surface area contributed by atoms with E-state index in [1.54, 1.807) is 18.2 Å². The van der Waals surface area contributed by atoms with Gasteiger partial charge < -0.3 is 9.63 Å². The summed E-state index contributed by atoms with van der Waals surface area (Å²) in [7, 11) is 0. The molecular formula is C14H10N2O2. The highest BCUT2D eigenvalue weighted by molar-refractivity contribution is 5.60. The molecule has 1 heterocycles. The van der Waals surface area contributed by atoms with Gasteiger partial charge in [0.15, 0.2) is 0 Å². The van der Waals surface area contributed by atoms with Gasteiger partial charge in [-0.25, -0.2) is 0 Å². The number of rotatable bonds is 2. The lowest BCUT2D eigenvalue weighted by molar-refractivity contribution is 0.431.